The van der Waals surface area contributed by atoms with Crippen LogP contribution in [0.25, 0.3) is 0 Å². The monoisotopic (exact) mass is 491 g/mol. The molecule has 0 saturated carbocycles. The third-order valence-electron chi connectivity index (χ3n) is 5.24. The zero-order valence-corrected chi connectivity index (χ0v) is 20.6. The van der Waals surface area contributed by atoms with Crippen molar-refractivity contribution in [1.82, 2.24) is 16.0 Å². The molecule has 0 aliphatic heterocycles. The van der Waals surface area contributed by atoms with E-state index in [0.29, 0.717) is 0 Å². The minimum atomic E-state index is -1.22. The number of carbonyl (C=O) groups excluding carboxylic acids is 4. The average molecular weight is 492 g/mol. The highest BCUT2D eigenvalue weighted by molar-refractivity contribution is 5.95. The lowest BCUT2D eigenvalue weighted by molar-refractivity contribution is -0.142. The number of nitrogens with one attached hydrogen (secondary N) is 3. The number of hydrogen-bond donors (Lipinski definition) is 6. The summed E-state index contributed by atoms with van der Waals surface area (Å²) in [5.74, 6) is -4.33. The van der Waals surface area contributed by atoms with Crippen LogP contribution in [0.3, 0.4) is 0 Å². The van der Waals surface area contributed by atoms with Gasteiger partial charge in [0.05, 0.1) is 12.5 Å². The van der Waals surface area contributed by atoms with Crippen molar-refractivity contribution in [3.63, 3.8) is 0 Å². The van der Waals surface area contributed by atoms with Crippen LogP contribution >= 0.6 is 0 Å². The third kappa shape index (κ3) is 10.6. The van der Waals surface area contributed by atoms with Crippen molar-refractivity contribution in [2.45, 2.75) is 71.1 Å². The number of carboxylic acid groups (broad SMARTS) is 1. The van der Waals surface area contributed by atoms with Gasteiger partial charge in [0.1, 0.15) is 18.1 Å². The van der Waals surface area contributed by atoms with Gasteiger partial charge < -0.3 is 32.5 Å². The Morgan fingerprint density at radius 3 is 1.91 bits per heavy atom. The van der Waals surface area contributed by atoms with E-state index in [1.165, 1.54) is 0 Å². The van der Waals surface area contributed by atoms with Gasteiger partial charge >= 0.3 is 5.97 Å². The van der Waals surface area contributed by atoms with E-state index in [1.54, 1.807) is 44.2 Å². The van der Waals surface area contributed by atoms with E-state index in [0.717, 1.165) is 5.56 Å². The van der Waals surface area contributed by atoms with Gasteiger partial charge in [-0.05, 0) is 23.8 Å². The minimum Gasteiger partial charge on any atom is -0.480 e. The van der Waals surface area contributed by atoms with E-state index in [2.05, 4.69) is 16.0 Å². The fraction of sp³-hybridized carbons (Fsp3) is 0.542. The number of rotatable bonds is 14. The summed E-state index contributed by atoms with van der Waals surface area (Å²) in [6.07, 6.45) is -0.0639. The topological polar surface area (TPSA) is 194 Å². The van der Waals surface area contributed by atoms with Crippen LogP contribution in [-0.2, 0) is 30.4 Å². The first-order valence-electron chi connectivity index (χ1n) is 11.5. The SMILES string of the molecule is CC(C)CC(NC(=O)C(Cc1ccccc1)NC(=O)C(NC(=O)C(N)CC(N)=O)C(C)C)C(=O)O. The molecule has 0 aromatic heterocycles. The predicted molar refractivity (Wildman–Crippen MR) is 130 cm³/mol. The molecule has 1 aromatic carbocycles. The molecule has 0 saturated heterocycles. The Labute approximate surface area is 205 Å². The van der Waals surface area contributed by atoms with Crippen LogP contribution in [0.1, 0.15) is 46.1 Å². The summed E-state index contributed by atoms with van der Waals surface area (Å²) in [6, 6.07) is 4.42. The number of carboxylic acids is 1. The van der Waals surface area contributed by atoms with Gasteiger partial charge in [-0.1, -0.05) is 58.0 Å². The summed E-state index contributed by atoms with van der Waals surface area (Å²) in [6.45, 7) is 7.06. The number of nitrogens with two attached hydrogens (primary N) is 2. The van der Waals surface area contributed by atoms with Gasteiger partial charge in [-0.3, -0.25) is 19.2 Å². The van der Waals surface area contributed by atoms with Gasteiger partial charge in [0, 0.05) is 6.42 Å². The fourth-order valence-corrected chi connectivity index (χ4v) is 3.39. The number of hydrogen-bond acceptors (Lipinski definition) is 6. The number of amides is 4. The lowest BCUT2D eigenvalue weighted by Gasteiger charge is -2.27. The Bertz CT molecular complexity index is 890. The Hall–Kier alpha value is -3.47. The maximum absolute atomic E-state index is 13.1. The quantitative estimate of drug-likeness (QED) is 0.205. The van der Waals surface area contributed by atoms with Crippen LogP contribution in [0.4, 0.5) is 0 Å². The average Bonchev–Trinajstić information content (AvgIpc) is 2.75. The normalized spacial score (nSPS) is 14.5. The molecule has 11 heteroatoms. The standard InChI is InChI=1S/C24H37N5O6/c1-13(2)10-18(24(34)35)28-22(32)17(11-15-8-6-5-7-9-15)27-23(33)20(14(3)4)29-21(31)16(25)12-19(26)30/h5-9,13-14,16-18,20H,10-12,25H2,1-4H3,(H2,26,30)(H,27,33)(H,28,32)(H,29,31)(H,34,35). The molecule has 1 rings (SSSR count). The highest BCUT2D eigenvalue weighted by Gasteiger charge is 2.32. The Kier molecular flexibility index (Phi) is 11.9. The van der Waals surface area contributed by atoms with Crippen LogP contribution in [-0.4, -0.2) is 58.9 Å². The second kappa shape index (κ2) is 14.1. The molecular formula is C24H37N5O6. The first-order chi connectivity index (χ1) is 16.3. The Morgan fingerprint density at radius 2 is 1.43 bits per heavy atom. The van der Waals surface area contributed by atoms with Crippen LogP contribution in [0.5, 0.6) is 0 Å². The molecule has 4 atom stereocenters. The minimum absolute atomic E-state index is 0.0173. The summed E-state index contributed by atoms with van der Waals surface area (Å²) < 4.78 is 0. The summed E-state index contributed by atoms with van der Waals surface area (Å²) in [4.78, 5) is 61.3. The summed E-state index contributed by atoms with van der Waals surface area (Å²) in [7, 11) is 0. The second-order valence-corrected chi connectivity index (χ2v) is 9.29. The molecule has 4 unspecified atom stereocenters. The third-order valence-corrected chi connectivity index (χ3v) is 5.24. The molecule has 0 spiro atoms. The fourth-order valence-electron chi connectivity index (χ4n) is 3.39. The zero-order chi connectivity index (χ0) is 26.7. The van der Waals surface area contributed by atoms with Gasteiger partial charge in [-0.15, -0.1) is 0 Å². The molecule has 0 bridgehead atoms. The maximum Gasteiger partial charge on any atom is 0.326 e. The molecule has 4 amide bonds. The predicted octanol–water partition coefficient (Wildman–Crippen LogP) is -0.327. The van der Waals surface area contributed by atoms with Crippen molar-refractivity contribution in [1.29, 1.82) is 0 Å². The van der Waals surface area contributed by atoms with Gasteiger partial charge in [0.15, 0.2) is 0 Å². The molecule has 11 nitrogen and oxygen atoms in total. The molecule has 194 valence electrons. The van der Waals surface area contributed by atoms with E-state index >= 15 is 0 Å². The van der Waals surface area contributed by atoms with Gasteiger partial charge in [-0.2, -0.15) is 0 Å². The van der Waals surface area contributed by atoms with Crippen molar-refractivity contribution < 1.29 is 29.1 Å². The van der Waals surface area contributed by atoms with Crippen molar-refractivity contribution in [3.05, 3.63) is 35.9 Å². The van der Waals surface area contributed by atoms with E-state index in [4.69, 9.17) is 11.5 Å². The van der Waals surface area contributed by atoms with Crippen molar-refractivity contribution >= 4 is 29.6 Å². The van der Waals surface area contributed by atoms with E-state index in [9.17, 15) is 29.1 Å². The lowest BCUT2D eigenvalue weighted by Crippen LogP contribution is -2.59. The van der Waals surface area contributed by atoms with Gasteiger partial charge in [0.25, 0.3) is 0 Å². The lowest BCUT2D eigenvalue weighted by atomic mass is 9.99. The molecule has 0 fully saturated rings. The van der Waals surface area contributed by atoms with Gasteiger partial charge in [0.2, 0.25) is 23.6 Å². The van der Waals surface area contributed by atoms with Crippen molar-refractivity contribution in [2.75, 3.05) is 0 Å². The molecule has 0 aliphatic carbocycles. The molecule has 0 aliphatic rings. The number of benzene rings is 1. The van der Waals surface area contributed by atoms with Crippen molar-refractivity contribution in [2.24, 2.45) is 23.3 Å². The van der Waals surface area contributed by atoms with Crippen LogP contribution < -0.4 is 27.4 Å². The largest absolute Gasteiger partial charge is 0.480 e. The molecule has 8 N–H and O–H groups in total. The maximum atomic E-state index is 13.1. The second-order valence-electron chi connectivity index (χ2n) is 9.29. The summed E-state index contributed by atoms with van der Waals surface area (Å²) in [5.41, 5.74) is 11.5. The van der Waals surface area contributed by atoms with Crippen LogP contribution in [0.2, 0.25) is 0 Å². The zero-order valence-electron chi connectivity index (χ0n) is 20.6. The Balaban J connectivity index is 3.09. The molecule has 1 aromatic rings. The van der Waals surface area contributed by atoms with E-state index in [1.807, 2.05) is 13.8 Å². The smallest absolute Gasteiger partial charge is 0.326 e. The van der Waals surface area contributed by atoms with Crippen molar-refractivity contribution in [3.8, 4) is 0 Å². The number of carbonyl (C=O) groups is 5. The van der Waals surface area contributed by atoms with E-state index < -0.39 is 53.8 Å². The molecule has 0 radical (unpaired) electrons. The molecule has 35 heavy (non-hydrogen) atoms. The molecule has 0 heterocycles. The highest BCUT2D eigenvalue weighted by atomic mass is 16.4. The number of primary amides is 1. The van der Waals surface area contributed by atoms with Crippen LogP contribution in [0, 0.1) is 11.8 Å². The summed E-state index contributed by atoms with van der Waals surface area (Å²) in [5, 5.41) is 17.2. The first kappa shape index (κ1) is 29.6. The van der Waals surface area contributed by atoms with Gasteiger partial charge in [-0.25, -0.2) is 4.79 Å². The van der Waals surface area contributed by atoms with Crippen LogP contribution in [0.15, 0.2) is 30.3 Å². The number of aliphatic carboxylic acids is 1. The first-order valence-corrected chi connectivity index (χ1v) is 11.5. The summed E-state index contributed by atoms with van der Waals surface area (Å²) >= 11 is 0. The highest BCUT2D eigenvalue weighted by Crippen LogP contribution is 2.10. The Morgan fingerprint density at radius 1 is 0.857 bits per heavy atom. The molecular weight excluding hydrogens is 454 g/mol. The van der Waals surface area contributed by atoms with E-state index in [-0.39, 0.29) is 31.1 Å².